The van der Waals surface area contributed by atoms with Crippen molar-refractivity contribution in [2.24, 2.45) is 0 Å². The van der Waals surface area contributed by atoms with E-state index in [4.69, 9.17) is 5.11 Å². The number of amides is 2. The normalized spacial score (nSPS) is 9.29. The summed E-state index contributed by atoms with van der Waals surface area (Å²) in [6.45, 7) is 3.09. The van der Waals surface area contributed by atoms with E-state index in [1.54, 1.807) is 11.3 Å². The fourth-order valence-corrected chi connectivity index (χ4v) is 1.91. The van der Waals surface area contributed by atoms with Crippen molar-refractivity contribution in [1.82, 2.24) is 10.6 Å². The minimum atomic E-state index is -0.159. The molecule has 17 heavy (non-hydrogen) atoms. The van der Waals surface area contributed by atoms with E-state index in [0.717, 1.165) is 10.4 Å². The molecule has 1 aromatic heterocycles. The molecule has 0 bridgehead atoms. The maximum Gasteiger partial charge on any atom is 0.315 e. The molecule has 0 atom stereocenters. The van der Waals surface area contributed by atoms with Crippen molar-refractivity contribution in [2.75, 3.05) is 13.2 Å². The fraction of sp³-hybridized carbons (Fsp3) is 0.417. The molecule has 0 aromatic carbocycles. The number of thiophene rings is 1. The van der Waals surface area contributed by atoms with Gasteiger partial charge in [0.15, 0.2) is 0 Å². The molecule has 1 rings (SSSR count). The van der Waals surface area contributed by atoms with Gasteiger partial charge in [-0.2, -0.15) is 0 Å². The lowest BCUT2D eigenvalue weighted by atomic mass is 10.3. The molecule has 3 N–H and O–H groups in total. The quantitative estimate of drug-likeness (QED) is 0.707. The lowest BCUT2D eigenvalue weighted by molar-refractivity contribution is 0.241. The van der Waals surface area contributed by atoms with E-state index in [0.29, 0.717) is 19.5 Å². The predicted octanol–water partition coefficient (Wildman–Crippen LogP) is 1.30. The topological polar surface area (TPSA) is 61.4 Å². The van der Waals surface area contributed by atoms with Crippen LogP contribution in [-0.2, 0) is 6.54 Å². The first-order valence-electron chi connectivity index (χ1n) is 5.45. The molecule has 5 heteroatoms. The van der Waals surface area contributed by atoms with Gasteiger partial charge in [0.25, 0.3) is 0 Å². The summed E-state index contributed by atoms with van der Waals surface area (Å²) in [5.41, 5.74) is 0.927. The zero-order valence-corrected chi connectivity index (χ0v) is 10.6. The molecule has 4 nitrogen and oxygen atoms in total. The van der Waals surface area contributed by atoms with Crippen LogP contribution in [0.25, 0.3) is 0 Å². The summed E-state index contributed by atoms with van der Waals surface area (Å²) in [4.78, 5) is 12.2. The molecule has 0 fully saturated rings. The number of hydrogen-bond acceptors (Lipinski definition) is 3. The van der Waals surface area contributed by atoms with Crippen LogP contribution in [0.2, 0.25) is 0 Å². The van der Waals surface area contributed by atoms with Crippen LogP contribution >= 0.6 is 11.3 Å². The second-order valence-corrected chi connectivity index (χ2v) is 4.29. The molecule has 0 aliphatic heterocycles. The first-order chi connectivity index (χ1) is 8.26. The third-order valence-electron chi connectivity index (χ3n) is 1.88. The van der Waals surface area contributed by atoms with Gasteiger partial charge in [0.1, 0.15) is 0 Å². The van der Waals surface area contributed by atoms with Gasteiger partial charge in [-0.1, -0.05) is 11.8 Å². The Balaban J connectivity index is 2.41. The minimum Gasteiger partial charge on any atom is -0.395 e. The van der Waals surface area contributed by atoms with Gasteiger partial charge in [0.05, 0.1) is 13.2 Å². The van der Waals surface area contributed by atoms with Crippen LogP contribution in [0.15, 0.2) is 11.4 Å². The number of nitrogens with one attached hydrogen (secondary N) is 2. The van der Waals surface area contributed by atoms with Gasteiger partial charge >= 0.3 is 6.03 Å². The SMILES string of the molecule is CCNC(=O)NCc1cc(C#CCCO)cs1. The Hall–Kier alpha value is -1.51. The second-order valence-electron chi connectivity index (χ2n) is 3.29. The lowest BCUT2D eigenvalue weighted by Crippen LogP contribution is -2.34. The Bertz CT molecular complexity index is 418. The molecule has 0 aliphatic carbocycles. The summed E-state index contributed by atoms with van der Waals surface area (Å²) in [5, 5.41) is 16.0. The van der Waals surface area contributed by atoms with Crippen LogP contribution in [0.3, 0.4) is 0 Å². The van der Waals surface area contributed by atoms with Crippen molar-refractivity contribution < 1.29 is 9.90 Å². The van der Waals surface area contributed by atoms with Crippen LogP contribution in [0, 0.1) is 11.8 Å². The third kappa shape index (κ3) is 5.38. The first kappa shape index (κ1) is 13.6. The summed E-state index contributed by atoms with van der Waals surface area (Å²) < 4.78 is 0. The molecular weight excluding hydrogens is 236 g/mol. The number of hydrogen-bond donors (Lipinski definition) is 3. The molecule has 0 spiro atoms. The van der Waals surface area contributed by atoms with Gasteiger partial charge in [-0.3, -0.25) is 0 Å². The minimum absolute atomic E-state index is 0.0861. The highest BCUT2D eigenvalue weighted by atomic mass is 32.1. The molecular formula is C12H16N2O2S. The standard InChI is InChI=1S/C12H16N2O2S/c1-2-13-12(16)14-8-11-7-10(9-17-11)5-3-4-6-15/h7,9,15H,2,4,6,8H2,1H3,(H2,13,14,16). The molecule has 0 aliphatic rings. The average Bonchev–Trinajstić information content (AvgIpc) is 2.75. The van der Waals surface area contributed by atoms with E-state index in [2.05, 4.69) is 22.5 Å². The maximum atomic E-state index is 11.2. The molecule has 2 amide bonds. The van der Waals surface area contributed by atoms with Gasteiger partial charge in [0, 0.05) is 28.8 Å². The van der Waals surface area contributed by atoms with E-state index in [-0.39, 0.29) is 12.6 Å². The van der Waals surface area contributed by atoms with Crippen molar-refractivity contribution >= 4 is 17.4 Å². The molecule has 1 heterocycles. The smallest absolute Gasteiger partial charge is 0.315 e. The van der Waals surface area contributed by atoms with Crippen molar-refractivity contribution in [1.29, 1.82) is 0 Å². The number of carbonyl (C=O) groups is 1. The van der Waals surface area contributed by atoms with Crippen LogP contribution in [0.4, 0.5) is 4.79 Å². The van der Waals surface area contributed by atoms with Crippen molar-refractivity contribution in [3.05, 3.63) is 21.9 Å². The molecule has 0 unspecified atom stereocenters. The summed E-state index contributed by atoms with van der Waals surface area (Å²) >= 11 is 1.56. The van der Waals surface area contributed by atoms with E-state index in [9.17, 15) is 4.79 Å². The number of carbonyl (C=O) groups excluding carboxylic acids is 1. The zero-order chi connectivity index (χ0) is 12.5. The van der Waals surface area contributed by atoms with Gasteiger partial charge in [0.2, 0.25) is 0 Å². The number of aliphatic hydroxyl groups is 1. The highest BCUT2D eigenvalue weighted by molar-refractivity contribution is 7.10. The van der Waals surface area contributed by atoms with Gasteiger partial charge in [-0.15, -0.1) is 11.3 Å². The van der Waals surface area contributed by atoms with Crippen LogP contribution in [0.1, 0.15) is 23.8 Å². The highest BCUT2D eigenvalue weighted by Crippen LogP contribution is 2.13. The monoisotopic (exact) mass is 252 g/mol. The predicted molar refractivity (Wildman–Crippen MR) is 68.8 cm³/mol. The Morgan fingerprint density at radius 2 is 2.35 bits per heavy atom. The zero-order valence-electron chi connectivity index (χ0n) is 9.75. The van der Waals surface area contributed by atoms with E-state index < -0.39 is 0 Å². The Labute approximate surface area is 105 Å². The van der Waals surface area contributed by atoms with Crippen LogP contribution < -0.4 is 10.6 Å². The van der Waals surface area contributed by atoms with Gasteiger partial charge in [-0.05, 0) is 13.0 Å². The largest absolute Gasteiger partial charge is 0.395 e. The average molecular weight is 252 g/mol. The van der Waals surface area contributed by atoms with E-state index in [1.807, 2.05) is 18.4 Å². The van der Waals surface area contributed by atoms with E-state index >= 15 is 0 Å². The summed E-state index contributed by atoms with van der Waals surface area (Å²) in [6.07, 6.45) is 0.488. The Morgan fingerprint density at radius 1 is 1.53 bits per heavy atom. The second kappa shape index (κ2) is 7.71. The summed E-state index contributed by atoms with van der Waals surface area (Å²) in [7, 11) is 0. The number of rotatable bonds is 4. The lowest BCUT2D eigenvalue weighted by Gasteiger charge is -2.03. The number of urea groups is 1. The Morgan fingerprint density at radius 3 is 3.06 bits per heavy atom. The highest BCUT2D eigenvalue weighted by Gasteiger charge is 2.00. The Kier molecular flexibility index (Phi) is 6.15. The summed E-state index contributed by atoms with van der Waals surface area (Å²) in [5.74, 6) is 5.81. The third-order valence-corrected chi connectivity index (χ3v) is 2.82. The molecule has 92 valence electrons. The molecule has 1 aromatic rings. The van der Waals surface area contributed by atoms with Crippen LogP contribution in [-0.4, -0.2) is 24.3 Å². The first-order valence-corrected chi connectivity index (χ1v) is 6.33. The van der Waals surface area contributed by atoms with Crippen molar-refractivity contribution in [3.8, 4) is 11.8 Å². The molecule has 0 radical (unpaired) electrons. The maximum absolute atomic E-state index is 11.2. The van der Waals surface area contributed by atoms with Crippen molar-refractivity contribution in [2.45, 2.75) is 19.9 Å². The van der Waals surface area contributed by atoms with E-state index in [1.165, 1.54) is 0 Å². The van der Waals surface area contributed by atoms with Gasteiger partial charge < -0.3 is 15.7 Å². The summed E-state index contributed by atoms with van der Waals surface area (Å²) in [6, 6.07) is 1.79. The molecule has 0 saturated heterocycles. The number of aliphatic hydroxyl groups excluding tert-OH is 1. The fourth-order valence-electron chi connectivity index (χ4n) is 1.15. The van der Waals surface area contributed by atoms with Crippen molar-refractivity contribution in [3.63, 3.8) is 0 Å². The van der Waals surface area contributed by atoms with Crippen LogP contribution in [0.5, 0.6) is 0 Å². The van der Waals surface area contributed by atoms with Gasteiger partial charge in [-0.25, -0.2) is 4.79 Å². The molecule has 0 saturated carbocycles.